The first-order valence-corrected chi connectivity index (χ1v) is 5.10. The molecule has 1 heterocycles. The summed E-state index contributed by atoms with van der Waals surface area (Å²) in [4.78, 5) is 3.39. The molecule has 0 saturated heterocycles. The number of aromatic nitrogens is 1. The molecule has 0 bridgehead atoms. The molecule has 13 heavy (non-hydrogen) atoms. The maximum Gasteiger partial charge on any atom is 0.214 e. The molecule has 0 aliphatic heterocycles. The van der Waals surface area contributed by atoms with E-state index in [9.17, 15) is 4.39 Å². The lowest BCUT2D eigenvalue weighted by molar-refractivity contribution is 0.583. The van der Waals surface area contributed by atoms with Gasteiger partial charge in [0.2, 0.25) is 5.95 Å². The first-order chi connectivity index (χ1) is 6.24. The van der Waals surface area contributed by atoms with Gasteiger partial charge in [0.05, 0.1) is 5.02 Å². The molecule has 0 aliphatic rings. The summed E-state index contributed by atoms with van der Waals surface area (Å²) < 4.78 is 12.6. The highest BCUT2D eigenvalue weighted by molar-refractivity contribution is 9.09. The van der Waals surface area contributed by atoms with Crippen LogP contribution in [0.4, 0.5) is 4.39 Å². The molecule has 1 rings (SSSR count). The second kappa shape index (κ2) is 5.21. The number of rotatable bonds is 1. The molecular weight excluding hydrogens is 256 g/mol. The smallest absolute Gasteiger partial charge is 0.214 e. The first-order valence-electron chi connectivity index (χ1n) is 3.60. The van der Waals surface area contributed by atoms with Crippen molar-refractivity contribution in [3.63, 3.8) is 0 Å². The largest absolute Gasteiger partial charge is 0.227 e. The molecule has 1 aromatic heterocycles. The van der Waals surface area contributed by atoms with E-state index in [1.165, 1.54) is 12.3 Å². The molecule has 0 fully saturated rings. The Morgan fingerprint density at radius 1 is 1.62 bits per heavy atom. The van der Waals surface area contributed by atoms with E-state index in [0.717, 1.165) is 5.33 Å². The summed E-state index contributed by atoms with van der Waals surface area (Å²) in [5.74, 6) is 5.04. The minimum absolute atomic E-state index is 0.378. The second-order valence-corrected chi connectivity index (χ2v) is 3.43. The molecule has 0 saturated carbocycles. The molecule has 4 heteroatoms. The summed E-state index contributed by atoms with van der Waals surface area (Å²) in [7, 11) is 0. The lowest BCUT2D eigenvalue weighted by Gasteiger charge is -1.93. The topological polar surface area (TPSA) is 12.9 Å². The van der Waals surface area contributed by atoms with Gasteiger partial charge >= 0.3 is 0 Å². The quantitative estimate of drug-likeness (QED) is 0.431. The van der Waals surface area contributed by atoms with Gasteiger partial charge < -0.3 is 0 Å². The fraction of sp³-hybridized carbons (Fsp3) is 0.222. The van der Waals surface area contributed by atoms with Gasteiger partial charge in [-0.2, -0.15) is 4.39 Å². The molecule has 0 radical (unpaired) electrons. The second-order valence-electron chi connectivity index (χ2n) is 2.23. The molecule has 0 spiro atoms. The van der Waals surface area contributed by atoms with Gasteiger partial charge in [0.25, 0.3) is 0 Å². The lowest BCUT2D eigenvalue weighted by Crippen LogP contribution is -1.85. The Morgan fingerprint density at radius 2 is 2.38 bits per heavy atom. The van der Waals surface area contributed by atoms with Gasteiger partial charge in [-0.3, -0.25) is 0 Å². The first kappa shape index (κ1) is 10.5. The molecule has 0 aliphatic carbocycles. The Hall–Kier alpha value is -0.590. The maximum absolute atomic E-state index is 12.6. The van der Waals surface area contributed by atoms with Crippen LogP contribution in [0.1, 0.15) is 12.0 Å². The Balaban J connectivity index is 2.89. The zero-order chi connectivity index (χ0) is 9.68. The number of pyridine rings is 1. The van der Waals surface area contributed by atoms with Gasteiger partial charge in [0.1, 0.15) is 0 Å². The van der Waals surface area contributed by atoms with Crippen LogP contribution in [0.25, 0.3) is 0 Å². The zero-order valence-corrected chi connectivity index (χ0v) is 8.99. The van der Waals surface area contributed by atoms with E-state index in [2.05, 4.69) is 32.8 Å². The summed E-state index contributed by atoms with van der Waals surface area (Å²) in [6, 6.07) is 1.23. The number of hydrogen-bond acceptors (Lipinski definition) is 1. The van der Waals surface area contributed by atoms with Crippen LogP contribution in [0.15, 0.2) is 12.3 Å². The van der Waals surface area contributed by atoms with E-state index in [1.807, 2.05) is 0 Å². The van der Waals surface area contributed by atoms with E-state index < -0.39 is 5.95 Å². The van der Waals surface area contributed by atoms with Gasteiger partial charge in [-0.25, -0.2) is 4.98 Å². The number of alkyl halides is 1. The van der Waals surface area contributed by atoms with Crippen LogP contribution in [0.2, 0.25) is 5.02 Å². The van der Waals surface area contributed by atoms with Crippen molar-refractivity contribution in [3.05, 3.63) is 28.8 Å². The van der Waals surface area contributed by atoms with Crippen molar-refractivity contribution in [1.29, 1.82) is 0 Å². The standard InChI is InChI=1S/C9H6BrClFN/c10-4-2-1-3-7-5-9(12)13-6-8(7)11/h5-6H,2,4H2. The highest BCUT2D eigenvalue weighted by atomic mass is 79.9. The third-order valence-electron chi connectivity index (χ3n) is 1.26. The van der Waals surface area contributed by atoms with Crippen molar-refractivity contribution in [3.8, 4) is 11.8 Å². The third-order valence-corrected chi connectivity index (χ3v) is 1.96. The summed E-state index contributed by atoms with van der Waals surface area (Å²) in [6.45, 7) is 0. The van der Waals surface area contributed by atoms with Crippen LogP contribution in [0.3, 0.4) is 0 Å². The predicted molar refractivity (Wildman–Crippen MR) is 54.5 cm³/mol. The normalized spacial score (nSPS) is 9.15. The van der Waals surface area contributed by atoms with E-state index in [0.29, 0.717) is 17.0 Å². The van der Waals surface area contributed by atoms with Crippen LogP contribution in [0.5, 0.6) is 0 Å². The molecule has 68 valence electrons. The van der Waals surface area contributed by atoms with Gasteiger partial charge in [-0.1, -0.05) is 39.4 Å². The van der Waals surface area contributed by atoms with Crippen molar-refractivity contribution in [2.45, 2.75) is 6.42 Å². The van der Waals surface area contributed by atoms with E-state index >= 15 is 0 Å². The maximum atomic E-state index is 12.6. The lowest BCUT2D eigenvalue weighted by atomic mass is 10.2. The van der Waals surface area contributed by atoms with Crippen LogP contribution in [-0.4, -0.2) is 10.3 Å². The van der Waals surface area contributed by atoms with Crippen molar-refractivity contribution in [2.24, 2.45) is 0 Å². The Labute approximate surface area is 89.4 Å². The van der Waals surface area contributed by atoms with Gasteiger partial charge in [0, 0.05) is 29.6 Å². The van der Waals surface area contributed by atoms with Gasteiger partial charge in [-0.05, 0) is 0 Å². The minimum atomic E-state index is -0.562. The average molecular weight is 263 g/mol. The molecule has 0 atom stereocenters. The van der Waals surface area contributed by atoms with E-state index in [1.54, 1.807) is 0 Å². The predicted octanol–water partition coefficient (Wildman–Crippen LogP) is 3.01. The Bertz CT molecular complexity index is 356. The minimum Gasteiger partial charge on any atom is -0.227 e. The van der Waals surface area contributed by atoms with E-state index in [4.69, 9.17) is 11.6 Å². The average Bonchev–Trinajstić information content (AvgIpc) is 2.11. The Morgan fingerprint density at radius 3 is 3.08 bits per heavy atom. The number of hydrogen-bond donors (Lipinski definition) is 0. The Kier molecular flexibility index (Phi) is 4.20. The van der Waals surface area contributed by atoms with Gasteiger partial charge in [-0.15, -0.1) is 0 Å². The summed E-state index contributed by atoms with van der Waals surface area (Å²) >= 11 is 8.97. The SMILES string of the molecule is Fc1cc(C#CCCBr)c(Cl)cn1. The summed E-state index contributed by atoms with van der Waals surface area (Å²) in [5.41, 5.74) is 0.482. The summed E-state index contributed by atoms with van der Waals surface area (Å²) in [5, 5.41) is 1.18. The van der Waals surface area contributed by atoms with Crippen molar-refractivity contribution in [1.82, 2.24) is 4.98 Å². The molecule has 0 aromatic carbocycles. The molecule has 1 aromatic rings. The number of halogens is 3. The fourth-order valence-corrected chi connectivity index (χ4v) is 1.06. The number of nitrogens with zero attached hydrogens (tertiary/aromatic N) is 1. The third kappa shape index (κ3) is 3.33. The highest BCUT2D eigenvalue weighted by Crippen LogP contribution is 2.13. The molecule has 0 unspecified atom stereocenters. The van der Waals surface area contributed by atoms with Crippen LogP contribution in [0, 0.1) is 17.8 Å². The summed E-state index contributed by atoms with van der Waals surface area (Å²) in [6.07, 6.45) is 1.97. The fourth-order valence-electron chi connectivity index (χ4n) is 0.714. The highest BCUT2D eigenvalue weighted by Gasteiger charge is 1.98. The monoisotopic (exact) mass is 261 g/mol. The van der Waals surface area contributed by atoms with E-state index in [-0.39, 0.29) is 0 Å². The molecular formula is C9H6BrClFN. The van der Waals surface area contributed by atoms with Crippen LogP contribution in [-0.2, 0) is 0 Å². The molecule has 0 amide bonds. The zero-order valence-electron chi connectivity index (χ0n) is 6.65. The van der Waals surface area contributed by atoms with Crippen molar-refractivity contribution >= 4 is 27.5 Å². The van der Waals surface area contributed by atoms with Gasteiger partial charge in [0.15, 0.2) is 0 Å². The van der Waals surface area contributed by atoms with Crippen LogP contribution < -0.4 is 0 Å². The molecule has 1 nitrogen and oxygen atoms in total. The van der Waals surface area contributed by atoms with Crippen molar-refractivity contribution < 1.29 is 4.39 Å². The van der Waals surface area contributed by atoms with Crippen LogP contribution >= 0.6 is 27.5 Å². The van der Waals surface area contributed by atoms with Crippen molar-refractivity contribution in [2.75, 3.05) is 5.33 Å². The molecule has 0 N–H and O–H groups in total.